The lowest BCUT2D eigenvalue weighted by Crippen LogP contribution is -2.20. The van der Waals surface area contributed by atoms with Crippen LogP contribution in [-0.4, -0.2) is 18.1 Å². The van der Waals surface area contributed by atoms with Gasteiger partial charge in [-0.1, -0.05) is 27.5 Å². The molecule has 0 radical (unpaired) electrons. The van der Waals surface area contributed by atoms with Gasteiger partial charge in [-0.15, -0.1) is 0 Å². The monoisotopic (exact) mass is 419 g/mol. The molecule has 2 N–H and O–H groups in total. The van der Waals surface area contributed by atoms with E-state index >= 15 is 0 Å². The molecule has 2 amide bonds. The van der Waals surface area contributed by atoms with E-state index in [1.165, 1.54) is 7.11 Å². The quantitative estimate of drug-likeness (QED) is 0.579. The van der Waals surface area contributed by atoms with Crippen molar-refractivity contribution in [3.05, 3.63) is 57.7 Å². The summed E-state index contributed by atoms with van der Waals surface area (Å²) in [5, 5.41) is 6.97. The summed E-state index contributed by atoms with van der Waals surface area (Å²) in [5.74, 6) is 0.527. The molecule has 2 aromatic carbocycles. The van der Waals surface area contributed by atoms with Crippen molar-refractivity contribution in [2.75, 3.05) is 17.7 Å². The molecule has 0 spiro atoms. The Kier molecular flexibility index (Phi) is 5.11. The number of carbonyl (C=O) groups is 1. The highest BCUT2D eigenvalue weighted by Gasteiger charge is 2.11. The van der Waals surface area contributed by atoms with E-state index < -0.39 is 6.03 Å². The highest BCUT2D eigenvalue weighted by molar-refractivity contribution is 9.10. The standard InChI is InChI=1S/C18H15BrClN3O2/c1-10-7-14(13-5-3-11(19)8-15(13)21-10)22-18(24)23-16-9-12(20)4-6-17(16)25-2/h3-9H,1-2H3,(H2,21,22,23,24). The van der Waals surface area contributed by atoms with Gasteiger partial charge in [-0.05, 0) is 49.4 Å². The predicted molar refractivity (Wildman–Crippen MR) is 105 cm³/mol. The minimum absolute atomic E-state index is 0.393. The van der Waals surface area contributed by atoms with Crippen LogP contribution in [0.1, 0.15) is 5.69 Å². The molecule has 0 saturated heterocycles. The van der Waals surface area contributed by atoms with Crippen molar-refractivity contribution in [3.63, 3.8) is 0 Å². The number of halogens is 2. The van der Waals surface area contributed by atoms with Gasteiger partial charge in [0.15, 0.2) is 0 Å². The summed E-state index contributed by atoms with van der Waals surface area (Å²) in [6.45, 7) is 1.88. The van der Waals surface area contributed by atoms with Crippen LogP contribution in [0.2, 0.25) is 5.02 Å². The van der Waals surface area contributed by atoms with Crippen molar-refractivity contribution in [3.8, 4) is 5.75 Å². The lowest BCUT2D eigenvalue weighted by Gasteiger charge is -2.13. The Balaban J connectivity index is 1.89. The number of anilines is 2. The van der Waals surface area contributed by atoms with E-state index in [-0.39, 0.29) is 0 Å². The van der Waals surface area contributed by atoms with Crippen LogP contribution in [0.4, 0.5) is 16.2 Å². The maximum Gasteiger partial charge on any atom is 0.323 e. The predicted octanol–water partition coefficient (Wildman–Crippen LogP) is 5.61. The van der Waals surface area contributed by atoms with Crippen molar-refractivity contribution in [2.24, 2.45) is 0 Å². The van der Waals surface area contributed by atoms with Crippen LogP contribution in [0.5, 0.6) is 5.75 Å². The Morgan fingerprint density at radius 3 is 2.64 bits per heavy atom. The molecule has 25 heavy (non-hydrogen) atoms. The molecule has 3 rings (SSSR count). The molecule has 3 aromatic rings. The normalized spacial score (nSPS) is 10.6. The van der Waals surface area contributed by atoms with Crippen LogP contribution in [0.3, 0.4) is 0 Å². The number of amides is 2. The third-order valence-corrected chi connectivity index (χ3v) is 4.29. The maximum atomic E-state index is 12.4. The summed E-state index contributed by atoms with van der Waals surface area (Å²) in [5.41, 5.74) is 2.77. The second-order valence-corrected chi connectivity index (χ2v) is 6.75. The van der Waals surface area contributed by atoms with Crippen molar-refractivity contribution in [1.29, 1.82) is 0 Å². The molecule has 0 unspecified atom stereocenters. The summed E-state index contributed by atoms with van der Waals surface area (Å²) in [4.78, 5) is 16.9. The molecule has 5 nitrogen and oxygen atoms in total. The molecule has 0 fully saturated rings. The Bertz CT molecular complexity index is 957. The van der Waals surface area contributed by atoms with Crippen LogP contribution in [0.25, 0.3) is 10.9 Å². The van der Waals surface area contributed by atoms with Gasteiger partial charge in [0.2, 0.25) is 0 Å². The summed E-state index contributed by atoms with van der Waals surface area (Å²) in [7, 11) is 1.53. The van der Waals surface area contributed by atoms with Gasteiger partial charge in [0.05, 0.1) is 24.0 Å². The summed E-state index contributed by atoms with van der Waals surface area (Å²) >= 11 is 9.42. The van der Waals surface area contributed by atoms with Crippen molar-refractivity contribution < 1.29 is 9.53 Å². The highest BCUT2D eigenvalue weighted by atomic mass is 79.9. The smallest absolute Gasteiger partial charge is 0.323 e. The van der Waals surface area contributed by atoms with Crippen LogP contribution < -0.4 is 15.4 Å². The van der Waals surface area contributed by atoms with E-state index in [9.17, 15) is 4.79 Å². The number of ether oxygens (including phenoxy) is 1. The van der Waals surface area contributed by atoms with Crippen molar-refractivity contribution in [2.45, 2.75) is 6.92 Å². The lowest BCUT2D eigenvalue weighted by atomic mass is 10.1. The van der Waals surface area contributed by atoms with Gasteiger partial charge in [-0.3, -0.25) is 4.98 Å². The van der Waals surface area contributed by atoms with E-state index in [1.54, 1.807) is 18.2 Å². The Morgan fingerprint density at radius 2 is 1.88 bits per heavy atom. The first-order valence-electron chi connectivity index (χ1n) is 7.45. The number of methoxy groups -OCH3 is 1. The van der Waals surface area contributed by atoms with Crippen LogP contribution >= 0.6 is 27.5 Å². The summed E-state index contributed by atoms with van der Waals surface area (Å²) in [6.07, 6.45) is 0. The van der Waals surface area contributed by atoms with E-state index in [2.05, 4.69) is 31.5 Å². The number of aromatic nitrogens is 1. The van der Waals surface area contributed by atoms with Gasteiger partial charge in [-0.2, -0.15) is 0 Å². The highest BCUT2D eigenvalue weighted by Crippen LogP contribution is 2.29. The third kappa shape index (κ3) is 4.03. The van der Waals surface area contributed by atoms with Crippen molar-refractivity contribution >= 4 is 55.8 Å². The summed E-state index contributed by atoms with van der Waals surface area (Å²) < 4.78 is 6.17. The number of aryl methyl sites for hydroxylation is 1. The third-order valence-electron chi connectivity index (χ3n) is 3.56. The first-order valence-corrected chi connectivity index (χ1v) is 8.62. The number of benzene rings is 2. The number of hydrogen-bond donors (Lipinski definition) is 2. The van der Waals surface area contributed by atoms with Gasteiger partial charge >= 0.3 is 6.03 Å². The number of pyridine rings is 1. The number of carbonyl (C=O) groups excluding carboxylic acids is 1. The minimum atomic E-state index is -0.393. The summed E-state index contributed by atoms with van der Waals surface area (Å²) in [6, 6.07) is 12.2. The minimum Gasteiger partial charge on any atom is -0.495 e. The fourth-order valence-corrected chi connectivity index (χ4v) is 3.01. The Labute approximate surface area is 158 Å². The molecular formula is C18H15BrClN3O2. The molecule has 1 heterocycles. The number of urea groups is 1. The average molecular weight is 421 g/mol. The molecule has 0 aliphatic rings. The van der Waals surface area contributed by atoms with Gasteiger partial charge in [0.25, 0.3) is 0 Å². The van der Waals surface area contributed by atoms with E-state index in [0.29, 0.717) is 22.1 Å². The van der Waals surface area contributed by atoms with Gasteiger partial charge in [0, 0.05) is 20.6 Å². The fourth-order valence-electron chi connectivity index (χ4n) is 2.49. The molecule has 0 saturated carbocycles. The van der Waals surface area contributed by atoms with Crippen LogP contribution in [0, 0.1) is 6.92 Å². The molecule has 7 heteroatoms. The van der Waals surface area contributed by atoms with Gasteiger partial charge in [-0.25, -0.2) is 4.79 Å². The lowest BCUT2D eigenvalue weighted by molar-refractivity contribution is 0.262. The first kappa shape index (κ1) is 17.5. The van der Waals surface area contributed by atoms with Gasteiger partial charge < -0.3 is 15.4 Å². The van der Waals surface area contributed by atoms with E-state index in [0.717, 1.165) is 21.1 Å². The largest absolute Gasteiger partial charge is 0.495 e. The van der Waals surface area contributed by atoms with Crippen LogP contribution in [-0.2, 0) is 0 Å². The zero-order valence-corrected chi connectivity index (χ0v) is 15.9. The number of hydrogen-bond acceptors (Lipinski definition) is 3. The molecule has 0 aliphatic heterocycles. The van der Waals surface area contributed by atoms with Crippen LogP contribution in [0.15, 0.2) is 46.9 Å². The average Bonchev–Trinajstić information content (AvgIpc) is 2.54. The number of nitrogens with one attached hydrogen (secondary N) is 2. The zero-order chi connectivity index (χ0) is 18.0. The number of rotatable bonds is 3. The zero-order valence-electron chi connectivity index (χ0n) is 13.6. The molecule has 0 atom stereocenters. The van der Waals surface area contributed by atoms with Crippen molar-refractivity contribution in [1.82, 2.24) is 4.98 Å². The second-order valence-electron chi connectivity index (χ2n) is 5.40. The van der Waals surface area contributed by atoms with Gasteiger partial charge in [0.1, 0.15) is 5.75 Å². The number of nitrogens with zero attached hydrogens (tertiary/aromatic N) is 1. The molecule has 128 valence electrons. The molecular weight excluding hydrogens is 406 g/mol. The van der Waals surface area contributed by atoms with E-state index in [1.807, 2.05) is 31.2 Å². The number of fused-ring (bicyclic) bond motifs is 1. The maximum absolute atomic E-state index is 12.4. The molecule has 0 aliphatic carbocycles. The van der Waals surface area contributed by atoms with E-state index in [4.69, 9.17) is 16.3 Å². The Morgan fingerprint density at radius 1 is 1.12 bits per heavy atom. The first-order chi connectivity index (χ1) is 12.0. The second kappa shape index (κ2) is 7.29. The molecule has 0 bridgehead atoms. The Hall–Kier alpha value is -2.31. The topological polar surface area (TPSA) is 63.2 Å². The fraction of sp³-hybridized carbons (Fsp3) is 0.111. The SMILES string of the molecule is COc1ccc(Cl)cc1NC(=O)Nc1cc(C)nc2cc(Br)ccc12. The molecule has 1 aromatic heterocycles.